The number of ether oxygens (including phenoxy) is 1. The summed E-state index contributed by atoms with van der Waals surface area (Å²) in [5.74, 6) is 0.337. The molecule has 0 unspecified atom stereocenters. The summed E-state index contributed by atoms with van der Waals surface area (Å²) in [5, 5.41) is 12.7. The molecule has 2 heterocycles. The van der Waals surface area contributed by atoms with Crippen LogP contribution in [0.5, 0.6) is 0 Å². The van der Waals surface area contributed by atoms with Crippen LogP contribution in [0.2, 0.25) is 0 Å². The summed E-state index contributed by atoms with van der Waals surface area (Å²) in [4.78, 5) is 11.6. The lowest BCUT2D eigenvalue weighted by molar-refractivity contribution is 0.0564. The lowest BCUT2D eigenvalue weighted by Crippen LogP contribution is -2.08. The number of carbonyl (C=O) groups excluding carboxylic acids is 1. The van der Waals surface area contributed by atoms with Crippen LogP contribution >= 0.6 is 11.8 Å². The number of furan rings is 1. The van der Waals surface area contributed by atoms with Crippen LogP contribution in [0.25, 0.3) is 0 Å². The first kappa shape index (κ1) is 14.1. The molecule has 2 aromatic heterocycles. The summed E-state index contributed by atoms with van der Waals surface area (Å²) in [5.41, 5.74) is 0.785. The molecule has 0 saturated heterocycles. The molecule has 0 aromatic carbocycles. The Morgan fingerprint density at radius 2 is 2.33 bits per heavy atom. The molecule has 0 N–H and O–H groups in total. The molecule has 2 aromatic rings. The molecule has 0 atom stereocenters. The highest BCUT2D eigenvalue weighted by Gasteiger charge is 2.22. The van der Waals surface area contributed by atoms with Gasteiger partial charge in [-0.1, -0.05) is 24.6 Å². The number of aromatic nitrogens is 4. The fourth-order valence-corrected chi connectivity index (χ4v) is 3.45. The largest absolute Gasteiger partial charge is 0.463 e. The van der Waals surface area contributed by atoms with E-state index in [4.69, 9.17) is 4.42 Å². The van der Waals surface area contributed by atoms with Crippen molar-refractivity contribution in [3.63, 3.8) is 0 Å². The Hall–Kier alpha value is -1.83. The SMILES string of the molecule is COC(=O)c1occc1CSc1nnnn1C1CCCC1. The molecule has 112 valence electrons. The second kappa shape index (κ2) is 6.30. The van der Waals surface area contributed by atoms with E-state index in [-0.39, 0.29) is 5.76 Å². The van der Waals surface area contributed by atoms with Gasteiger partial charge in [0.05, 0.1) is 19.4 Å². The number of nitrogens with zero attached hydrogens (tertiary/aromatic N) is 4. The molecule has 0 aliphatic heterocycles. The van der Waals surface area contributed by atoms with Gasteiger partial charge < -0.3 is 9.15 Å². The van der Waals surface area contributed by atoms with Gasteiger partial charge in [-0.2, -0.15) is 0 Å². The van der Waals surface area contributed by atoms with Gasteiger partial charge in [0.2, 0.25) is 10.9 Å². The number of esters is 1. The third-order valence-electron chi connectivity index (χ3n) is 3.61. The van der Waals surface area contributed by atoms with Crippen LogP contribution < -0.4 is 0 Å². The Labute approximate surface area is 126 Å². The number of tetrazole rings is 1. The minimum Gasteiger partial charge on any atom is -0.463 e. The number of hydrogen-bond acceptors (Lipinski definition) is 7. The van der Waals surface area contributed by atoms with Crippen LogP contribution in [-0.4, -0.2) is 33.3 Å². The highest BCUT2D eigenvalue weighted by atomic mass is 32.2. The molecule has 0 bridgehead atoms. The Morgan fingerprint density at radius 1 is 1.52 bits per heavy atom. The minimum atomic E-state index is -0.467. The van der Waals surface area contributed by atoms with Crippen molar-refractivity contribution >= 4 is 17.7 Å². The summed E-state index contributed by atoms with van der Waals surface area (Å²) < 4.78 is 11.8. The third-order valence-corrected chi connectivity index (χ3v) is 4.59. The summed E-state index contributed by atoms with van der Waals surface area (Å²) in [6, 6.07) is 2.16. The van der Waals surface area contributed by atoms with Crippen molar-refractivity contribution in [2.24, 2.45) is 0 Å². The predicted octanol–water partition coefficient (Wildman–Crippen LogP) is 2.46. The van der Waals surface area contributed by atoms with Gasteiger partial charge in [0, 0.05) is 11.3 Å². The highest BCUT2D eigenvalue weighted by Crippen LogP contribution is 2.32. The normalized spacial score (nSPS) is 15.5. The van der Waals surface area contributed by atoms with E-state index in [2.05, 4.69) is 20.3 Å². The number of carbonyl (C=O) groups is 1. The smallest absolute Gasteiger partial charge is 0.374 e. The monoisotopic (exact) mass is 308 g/mol. The predicted molar refractivity (Wildman–Crippen MR) is 74.9 cm³/mol. The molecular weight excluding hydrogens is 292 g/mol. The molecule has 0 amide bonds. The Bertz CT molecular complexity index is 618. The summed E-state index contributed by atoms with van der Waals surface area (Å²) in [6.07, 6.45) is 6.18. The molecule has 7 nitrogen and oxygen atoms in total. The van der Waals surface area contributed by atoms with Crippen molar-refractivity contribution in [1.82, 2.24) is 20.2 Å². The van der Waals surface area contributed by atoms with E-state index in [1.165, 1.54) is 38.0 Å². The summed E-state index contributed by atoms with van der Waals surface area (Å²) >= 11 is 1.50. The van der Waals surface area contributed by atoms with Crippen molar-refractivity contribution in [2.45, 2.75) is 42.6 Å². The van der Waals surface area contributed by atoms with Crippen molar-refractivity contribution in [3.05, 3.63) is 23.7 Å². The van der Waals surface area contributed by atoms with Gasteiger partial charge in [0.15, 0.2) is 0 Å². The van der Waals surface area contributed by atoms with Crippen LogP contribution in [0, 0.1) is 0 Å². The van der Waals surface area contributed by atoms with Crippen LogP contribution in [0.15, 0.2) is 21.9 Å². The second-order valence-electron chi connectivity index (χ2n) is 4.90. The standard InChI is InChI=1S/C13H16N4O3S/c1-19-12(18)11-9(6-7-20-11)8-21-13-14-15-16-17(13)10-4-2-3-5-10/h6-7,10H,2-5,8H2,1H3. The van der Waals surface area contributed by atoms with Crippen molar-refractivity contribution in [3.8, 4) is 0 Å². The van der Waals surface area contributed by atoms with Gasteiger partial charge in [-0.15, -0.1) is 5.10 Å². The molecule has 21 heavy (non-hydrogen) atoms. The van der Waals surface area contributed by atoms with Crippen molar-refractivity contribution < 1.29 is 13.9 Å². The zero-order chi connectivity index (χ0) is 14.7. The maximum absolute atomic E-state index is 11.6. The molecule has 1 aliphatic carbocycles. The average Bonchev–Trinajstić information content (AvgIpc) is 3.22. The van der Waals surface area contributed by atoms with Gasteiger partial charge in [-0.05, 0) is 29.3 Å². The van der Waals surface area contributed by atoms with E-state index in [0.29, 0.717) is 11.8 Å². The van der Waals surface area contributed by atoms with E-state index >= 15 is 0 Å². The first-order valence-electron chi connectivity index (χ1n) is 6.85. The number of thioether (sulfide) groups is 1. The van der Waals surface area contributed by atoms with Crippen molar-refractivity contribution in [2.75, 3.05) is 7.11 Å². The number of methoxy groups -OCH3 is 1. The fraction of sp³-hybridized carbons (Fsp3) is 0.538. The topological polar surface area (TPSA) is 83.0 Å². The zero-order valence-electron chi connectivity index (χ0n) is 11.7. The van der Waals surface area contributed by atoms with Crippen molar-refractivity contribution in [1.29, 1.82) is 0 Å². The number of hydrogen-bond donors (Lipinski definition) is 0. The maximum atomic E-state index is 11.6. The van der Waals surface area contributed by atoms with Gasteiger partial charge >= 0.3 is 5.97 Å². The Morgan fingerprint density at radius 3 is 3.10 bits per heavy atom. The first-order chi connectivity index (χ1) is 10.3. The summed E-state index contributed by atoms with van der Waals surface area (Å²) in [6.45, 7) is 0. The fourth-order valence-electron chi connectivity index (χ4n) is 2.52. The van der Waals surface area contributed by atoms with E-state index in [0.717, 1.165) is 23.6 Å². The molecule has 0 spiro atoms. The Kier molecular flexibility index (Phi) is 4.23. The molecule has 8 heteroatoms. The molecular formula is C13H16N4O3S. The van der Waals surface area contributed by atoms with Gasteiger partial charge in [0.1, 0.15) is 0 Å². The Balaban J connectivity index is 1.70. The number of rotatable bonds is 5. The maximum Gasteiger partial charge on any atom is 0.374 e. The molecule has 1 fully saturated rings. The van der Waals surface area contributed by atoms with E-state index in [9.17, 15) is 4.79 Å². The minimum absolute atomic E-state index is 0.241. The van der Waals surface area contributed by atoms with Crippen LogP contribution in [0.3, 0.4) is 0 Å². The molecule has 3 rings (SSSR count). The van der Waals surface area contributed by atoms with Gasteiger partial charge in [0.25, 0.3) is 0 Å². The first-order valence-corrected chi connectivity index (χ1v) is 7.83. The highest BCUT2D eigenvalue weighted by molar-refractivity contribution is 7.98. The quantitative estimate of drug-likeness (QED) is 0.619. The molecule has 0 radical (unpaired) electrons. The summed E-state index contributed by atoms with van der Waals surface area (Å²) in [7, 11) is 1.34. The lowest BCUT2D eigenvalue weighted by Gasteiger charge is -2.10. The second-order valence-corrected chi connectivity index (χ2v) is 5.84. The average molecular weight is 308 g/mol. The van der Waals surface area contributed by atoms with Gasteiger partial charge in [-0.3, -0.25) is 0 Å². The van der Waals surface area contributed by atoms with Crippen LogP contribution in [-0.2, 0) is 10.5 Å². The molecule has 1 aliphatic rings. The van der Waals surface area contributed by atoms with E-state index in [1.54, 1.807) is 6.07 Å². The van der Waals surface area contributed by atoms with Crippen LogP contribution in [0.1, 0.15) is 47.8 Å². The van der Waals surface area contributed by atoms with Gasteiger partial charge in [-0.25, -0.2) is 9.48 Å². The molecule has 1 saturated carbocycles. The van der Waals surface area contributed by atoms with E-state index < -0.39 is 5.97 Å². The van der Waals surface area contributed by atoms with E-state index in [1.807, 2.05) is 4.68 Å². The van der Waals surface area contributed by atoms with Crippen LogP contribution in [0.4, 0.5) is 0 Å². The third kappa shape index (κ3) is 2.94. The lowest BCUT2D eigenvalue weighted by atomic mass is 10.3. The zero-order valence-corrected chi connectivity index (χ0v) is 12.5.